The summed E-state index contributed by atoms with van der Waals surface area (Å²) in [5, 5.41) is 3.55. The maximum absolute atomic E-state index is 13.1. The van der Waals surface area contributed by atoms with Crippen LogP contribution >= 0.6 is 34.8 Å². The quantitative estimate of drug-likeness (QED) is 0.594. The first-order valence-corrected chi connectivity index (χ1v) is 11.7. The molecule has 2 amide bonds. The predicted molar refractivity (Wildman–Crippen MR) is 122 cm³/mol. The van der Waals surface area contributed by atoms with Crippen LogP contribution in [0.15, 0.2) is 47.4 Å². The zero-order valence-corrected chi connectivity index (χ0v) is 20.2. The Bertz CT molecular complexity index is 1060. The molecule has 0 saturated carbocycles. The lowest BCUT2D eigenvalue weighted by Crippen LogP contribution is -2.50. The van der Waals surface area contributed by atoms with Crippen molar-refractivity contribution >= 4 is 56.6 Å². The van der Waals surface area contributed by atoms with Crippen molar-refractivity contribution in [3.05, 3.63) is 63.1 Å². The van der Waals surface area contributed by atoms with Crippen LogP contribution in [0.2, 0.25) is 15.1 Å². The van der Waals surface area contributed by atoms with Crippen molar-refractivity contribution in [1.29, 1.82) is 0 Å². The Hall–Kier alpha value is -1.84. The Balaban J connectivity index is 2.28. The molecule has 31 heavy (non-hydrogen) atoms. The van der Waals surface area contributed by atoms with Crippen LogP contribution < -0.4 is 5.32 Å². The van der Waals surface area contributed by atoms with Gasteiger partial charge in [-0.1, -0.05) is 40.9 Å². The largest absolute Gasteiger partial charge is 0.357 e. The van der Waals surface area contributed by atoms with E-state index >= 15 is 0 Å². The van der Waals surface area contributed by atoms with E-state index in [1.165, 1.54) is 43.3 Å². The van der Waals surface area contributed by atoms with Gasteiger partial charge >= 0.3 is 0 Å². The van der Waals surface area contributed by atoms with E-state index in [4.69, 9.17) is 34.8 Å². The number of amides is 2. The SMILES string of the molecule is CNC(=O)[C@@H](C)N(Cc1ccc(Cl)c(Cl)c1)C(=O)CN(C)S(=O)(=O)c1ccc(Cl)cc1. The molecule has 0 spiro atoms. The average molecular weight is 507 g/mol. The molecule has 168 valence electrons. The second-order valence-electron chi connectivity index (χ2n) is 6.78. The third-order valence-corrected chi connectivity index (χ3v) is 7.44. The molecule has 0 unspecified atom stereocenters. The van der Waals surface area contributed by atoms with E-state index in [-0.39, 0.29) is 11.4 Å². The first-order valence-electron chi connectivity index (χ1n) is 9.14. The minimum atomic E-state index is -3.93. The summed E-state index contributed by atoms with van der Waals surface area (Å²) in [6, 6.07) is 9.64. The van der Waals surface area contributed by atoms with Gasteiger partial charge in [-0.3, -0.25) is 9.59 Å². The number of sulfonamides is 1. The Labute approximate surface area is 196 Å². The highest BCUT2D eigenvalue weighted by atomic mass is 35.5. The van der Waals surface area contributed by atoms with Crippen LogP contribution in [0, 0.1) is 0 Å². The van der Waals surface area contributed by atoms with E-state index in [1.807, 2.05) is 0 Å². The highest BCUT2D eigenvalue weighted by Gasteiger charge is 2.30. The van der Waals surface area contributed by atoms with Crippen LogP contribution in [-0.2, 0) is 26.2 Å². The van der Waals surface area contributed by atoms with Gasteiger partial charge in [0, 0.05) is 25.7 Å². The van der Waals surface area contributed by atoms with Crippen LogP contribution in [0.25, 0.3) is 0 Å². The fraction of sp³-hybridized carbons (Fsp3) is 0.300. The molecule has 0 aliphatic rings. The van der Waals surface area contributed by atoms with Gasteiger partial charge in [-0.25, -0.2) is 8.42 Å². The van der Waals surface area contributed by atoms with Crippen LogP contribution in [-0.4, -0.2) is 56.1 Å². The Morgan fingerprint density at radius 3 is 2.19 bits per heavy atom. The van der Waals surface area contributed by atoms with Crippen LogP contribution in [0.4, 0.5) is 0 Å². The maximum atomic E-state index is 13.1. The highest BCUT2D eigenvalue weighted by Crippen LogP contribution is 2.24. The lowest BCUT2D eigenvalue weighted by Gasteiger charge is -2.30. The second kappa shape index (κ2) is 10.7. The second-order valence-corrected chi connectivity index (χ2v) is 10.1. The fourth-order valence-electron chi connectivity index (χ4n) is 2.78. The monoisotopic (exact) mass is 505 g/mol. The minimum Gasteiger partial charge on any atom is -0.357 e. The third kappa shape index (κ3) is 6.33. The van der Waals surface area contributed by atoms with Gasteiger partial charge in [0.05, 0.1) is 21.5 Å². The number of carbonyl (C=O) groups excluding carboxylic acids is 2. The van der Waals surface area contributed by atoms with Crippen molar-refractivity contribution in [2.45, 2.75) is 24.4 Å². The number of nitrogens with zero attached hydrogens (tertiary/aromatic N) is 2. The fourth-order valence-corrected chi connectivity index (χ4v) is 4.35. The maximum Gasteiger partial charge on any atom is 0.243 e. The number of rotatable bonds is 8. The first kappa shape index (κ1) is 25.4. The molecule has 0 aliphatic carbocycles. The molecular formula is C20H22Cl3N3O4S. The van der Waals surface area contributed by atoms with Crippen LogP contribution in [0.5, 0.6) is 0 Å². The molecule has 2 aromatic rings. The van der Waals surface area contributed by atoms with Crippen molar-refractivity contribution < 1.29 is 18.0 Å². The van der Waals surface area contributed by atoms with Crippen molar-refractivity contribution in [2.24, 2.45) is 0 Å². The first-order chi connectivity index (χ1) is 14.5. The number of hydrogen-bond acceptors (Lipinski definition) is 4. The highest BCUT2D eigenvalue weighted by molar-refractivity contribution is 7.89. The molecule has 1 atom stereocenters. The summed E-state index contributed by atoms with van der Waals surface area (Å²) in [6.07, 6.45) is 0. The summed E-state index contributed by atoms with van der Waals surface area (Å²) in [5.41, 5.74) is 0.640. The molecule has 0 aliphatic heterocycles. The van der Waals surface area contributed by atoms with Gasteiger partial charge in [-0.05, 0) is 48.9 Å². The van der Waals surface area contributed by atoms with Gasteiger partial charge in [-0.2, -0.15) is 4.31 Å². The molecule has 0 fully saturated rings. The molecule has 0 heterocycles. The number of benzene rings is 2. The Morgan fingerprint density at radius 1 is 1.03 bits per heavy atom. The number of nitrogens with one attached hydrogen (secondary N) is 1. The molecule has 2 aromatic carbocycles. The van der Waals surface area contributed by atoms with E-state index in [0.717, 1.165) is 4.31 Å². The van der Waals surface area contributed by atoms with E-state index < -0.39 is 34.4 Å². The van der Waals surface area contributed by atoms with Crippen molar-refractivity contribution in [1.82, 2.24) is 14.5 Å². The summed E-state index contributed by atoms with van der Waals surface area (Å²) < 4.78 is 26.5. The lowest BCUT2D eigenvalue weighted by atomic mass is 10.1. The van der Waals surface area contributed by atoms with Crippen molar-refractivity contribution in [3.63, 3.8) is 0 Å². The predicted octanol–water partition coefficient (Wildman–Crippen LogP) is 3.43. The molecule has 7 nitrogen and oxygen atoms in total. The lowest BCUT2D eigenvalue weighted by molar-refractivity contribution is -0.140. The Morgan fingerprint density at radius 2 is 1.65 bits per heavy atom. The van der Waals surface area contributed by atoms with Gasteiger partial charge in [-0.15, -0.1) is 0 Å². The van der Waals surface area contributed by atoms with E-state index in [2.05, 4.69) is 5.32 Å². The number of hydrogen-bond donors (Lipinski definition) is 1. The number of likely N-dealkylation sites (N-methyl/N-ethyl adjacent to an activating group) is 2. The van der Waals surface area contributed by atoms with Gasteiger partial charge in [0.15, 0.2) is 0 Å². The van der Waals surface area contributed by atoms with E-state index in [9.17, 15) is 18.0 Å². The van der Waals surface area contributed by atoms with Gasteiger partial charge in [0.1, 0.15) is 6.04 Å². The van der Waals surface area contributed by atoms with Crippen LogP contribution in [0.1, 0.15) is 12.5 Å². The van der Waals surface area contributed by atoms with Crippen LogP contribution in [0.3, 0.4) is 0 Å². The summed E-state index contributed by atoms with van der Waals surface area (Å²) in [7, 11) is -1.18. The molecule has 1 N–H and O–H groups in total. The van der Waals surface area contributed by atoms with E-state index in [1.54, 1.807) is 25.1 Å². The zero-order chi connectivity index (χ0) is 23.3. The smallest absolute Gasteiger partial charge is 0.243 e. The average Bonchev–Trinajstić information content (AvgIpc) is 2.73. The van der Waals surface area contributed by atoms with Gasteiger partial charge < -0.3 is 10.2 Å². The standard InChI is InChI=1S/C20H22Cl3N3O4S/c1-13(20(28)24-2)26(11-14-4-9-17(22)18(23)10-14)19(27)12-25(3)31(29,30)16-7-5-15(21)6-8-16/h4-10,13H,11-12H2,1-3H3,(H,24,28)/t13-/m1/s1. The molecule has 0 saturated heterocycles. The van der Waals surface area contributed by atoms with Crippen molar-refractivity contribution in [2.75, 3.05) is 20.6 Å². The van der Waals surface area contributed by atoms with Gasteiger partial charge in [0.25, 0.3) is 0 Å². The van der Waals surface area contributed by atoms with Gasteiger partial charge in [0.2, 0.25) is 21.8 Å². The molecule has 0 radical (unpaired) electrons. The molecule has 2 rings (SSSR count). The molecule has 0 aromatic heterocycles. The Kier molecular flexibility index (Phi) is 8.73. The molecular weight excluding hydrogens is 485 g/mol. The normalized spacial score (nSPS) is 12.5. The molecule has 0 bridgehead atoms. The van der Waals surface area contributed by atoms with E-state index in [0.29, 0.717) is 20.6 Å². The topological polar surface area (TPSA) is 86.8 Å². The minimum absolute atomic E-state index is 0.00239. The number of halogens is 3. The third-order valence-electron chi connectivity index (χ3n) is 4.63. The number of carbonyl (C=O) groups is 2. The summed E-state index contributed by atoms with van der Waals surface area (Å²) in [5.74, 6) is -0.946. The van der Waals surface area contributed by atoms with Crippen molar-refractivity contribution in [3.8, 4) is 0 Å². The summed E-state index contributed by atoms with van der Waals surface area (Å²) in [4.78, 5) is 26.6. The molecule has 11 heteroatoms. The summed E-state index contributed by atoms with van der Waals surface area (Å²) >= 11 is 17.8. The summed E-state index contributed by atoms with van der Waals surface area (Å²) in [6.45, 7) is 1.13. The zero-order valence-electron chi connectivity index (χ0n) is 17.1.